The minimum absolute atomic E-state index is 0.430. The van der Waals surface area contributed by atoms with Crippen molar-refractivity contribution in [2.24, 2.45) is 0 Å². The quantitative estimate of drug-likeness (QED) is 0.587. The van der Waals surface area contributed by atoms with E-state index in [1.54, 1.807) is 36.4 Å². The van der Waals surface area contributed by atoms with Gasteiger partial charge in [0.1, 0.15) is 0 Å². The number of carboxylic acids is 2. The Balaban J connectivity index is 2.31. The summed E-state index contributed by atoms with van der Waals surface area (Å²) in [6.45, 7) is 0. The molecule has 0 unspecified atom stereocenters. The Morgan fingerprint density at radius 3 is 1.38 bits per heavy atom. The first-order valence-corrected chi connectivity index (χ1v) is 7.32. The molecule has 4 N–H and O–H groups in total. The van der Waals surface area contributed by atoms with E-state index in [0.717, 1.165) is 24.3 Å². The van der Waals surface area contributed by atoms with Gasteiger partial charge in [-0.15, -0.1) is 0 Å². The maximum atomic E-state index is 11.8. The second-order valence-electron chi connectivity index (χ2n) is 5.03. The van der Waals surface area contributed by atoms with Crippen molar-refractivity contribution in [3.63, 3.8) is 0 Å². The molecule has 2 rings (SSSR count). The third kappa shape index (κ3) is 5.03. The average molecular weight is 354 g/mol. The van der Waals surface area contributed by atoms with Crippen LogP contribution < -0.4 is 10.6 Å². The predicted octanol–water partition coefficient (Wildman–Crippen LogP) is 2.00. The van der Waals surface area contributed by atoms with Crippen LogP contribution in [0.5, 0.6) is 0 Å². The van der Waals surface area contributed by atoms with E-state index in [4.69, 9.17) is 10.2 Å². The van der Waals surface area contributed by atoms with Crippen molar-refractivity contribution < 1.29 is 29.4 Å². The van der Waals surface area contributed by atoms with Gasteiger partial charge in [0.2, 0.25) is 11.8 Å². The second-order valence-corrected chi connectivity index (χ2v) is 5.03. The lowest BCUT2D eigenvalue weighted by Crippen LogP contribution is -2.11. The highest BCUT2D eigenvalue weighted by molar-refractivity contribution is 6.13. The topological polar surface area (TPSA) is 133 Å². The highest BCUT2D eigenvalue weighted by atomic mass is 16.4. The summed E-state index contributed by atoms with van der Waals surface area (Å²) >= 11 is 0. The predicted molar refractivity (Wildman–Crippen MR) is 94.8 cm³/mol. The lowest BCUT2D eigenvalue weighted by molar-refractivity contribution is -0.132. The minimum atomic E-state index is -1.24. The smallest absolute Gasteiger partial charge is 0.328 e. The van der Waals surface area contributed by atoms with Crippen molar-refractivity contribution in [2.45, 2.75) is 0 Å². The van der Waals surface area contributed by atoms with E-state index in [1.807, 2.05) is 0 Å². The molecule has 0 aliphatic carbocycles. The van der Waals surface area contributed by atoms with Crippen LogP contribution in [-0.2, 0) is 19.2 Å². The van der Waals surface area contributed by atoms with Crippen LogP contribution >= 0.6 is 0 Å². The summed E-state index contributed by atoms with van der Waals surface area (Å²) in [6, 6.07) is 10.0. The Bertz CT molecular complexity index is 869. The largest absolute Gasteiger partial charge is 0.478 e. The number of hydrogen-bond donors (Lipinski definition) is 4. The molecule has 0 spiro atoms. The van der Waals surface area contributed by atoms with Gasteiger partial charge in [0.25, 0.3) is 0 Å². The van der Waals surface area contributed by atoms with Gasteiger partial charge < -0.3 is 20.8 Å². The maximum Gasteiger partial charge on any atom is 0.328 e. The Morgan fingerprint density at radius 1 is 0.654 bits per heavy atom. The van der Waals surface area contributed by atoms with Gasteiger partial charge in [0, 0.05) is 46.5 Å². The minimum Gasteiger partial charge on any atom is -0.478 e. The third-order valence-corrected chi connectivity index (χ3v) is 3.19. The molecular formula is C18H14N2O6. The first-order valence-electron chi connectivity index (χ1n) is 7.32. The first-order chi connectivity index (χ1) is 12.4. The molecule has 0 aliphatic heterocycles. The van der Waals surface area contributed by atoms with Crippen LogP contribution in [0.15, 0.2) is 60.7 Å². The van der Waals surface area contributed by atoms with E-state index in [2.05, 4.69) is 10.6 Å². The molecule has 26 heavy (non-hydrogen) atoms. The fraction of sp³-hybridized carbons (Fsp3) is 0. The number of rotatable bonds is 6. The normalized spacial score (nSPS) is 10.9. The zero-order valence-corrected chi connectivity index (χ0v) is 13.3. The van der Waals surface area contributed by atoms with Crippen molar-refractivity contribution >= 4 is 45.9 Å². The van der Waals surface area contributed by atoms with Gasteiger partial charge in [-0.2, -0.15) is 0 Å². The van der Waals surface area contributed by atoms with Crippen LogP contribution in [0.4, 0.5) is 11.4 Å². The second kappa shape index (κ2) is 8.25. The zero-order valence-electron chi connectivity index (χ0n) is 13.3. The number of fused-ring (bicyclic) bond motifs is 1. The number of carboxylic acid groups (broad SMARTS) is 2. The Hall–Kier alpha value is -3.94. The van der Waals surface area contributed by atoms with E-state index >= 15 is 0 Å². The summed E-state index contributed by atoms with van der Waals surface area (Å²) in [7, 11) is 0. The standard InChI is InChI=1S/C18H14N2O6/c21-15(7-9-17(23)24)19-13-5-6-14(12-4-2-1-3-11(12)13)20-16(22)8-10-18(25)26/h1-10H,(H,19,21)(H,20,22)(H,23,24)(H,25,26)/b9-7-,10-8-. The van der Waals surface area contributed by atoms with Gasteiger partial charge in [0.05, 0.1) is 0 Å². The highest BCUT2D eigenvalue weighted by Gasteiger charge is 2.09. The molecule has 0 aromatic heterocycles. The summed E-state index contributed by atoms with van der Waals surface area (Å²) in [5.74, 6) is -3.70. The van der Waals surface area contributed by atoms with Gasteiger partial charge >= 0.3 is 11.9 Å². The van der Waals surface area contributed by atoms with Gasteiger partial charge in [-0.3, -0.25) is 9.59 Å². The number of nitrogens with one attached hydrogen (secondary N) is 2. The number of amides is 2. The fourth-order valence-corrected chi connectivity index (χ4v) is 2.16. The van der Waals surface area contributed by atoms with Crippen LogP contribution in [0.25, 0.3) is 10.8 Å². The van der Waals surface area contributed by atoms with Gasteiger partial charge in [0.15, 0.2) is 0 Å². The Kier molecular flexibility index (Phi) is 5.83. The molecule has 0 radical (unpaired) electrons. The molecule has 2 aromatic rings. The summed E-state index contributed by atoms with van der Waals surface area (Å²) in [5.41, 5.74) is 0.861. The van der Waals surface area contributed by atoms with Crippen LogP contribution in [0, 0.1) is 0 Å². The zero-order chi connectivity index (χ0) is 19.1. The van der Waals surface area contributed by atoms with Gasteiger partial charge in [-0.05, 0) is 12.1 Å². The lowest BCUT2D eigenvalue weighted by atomic mass is 10.1. The van der Waals surface area contributed by atoms with E-state index in [1.165, 1.54) is 0 Å². The van der Waals surface area contributed by atoms with Crippen molar-refractivity contribution in [3.8, 4) is 0 Å². The Morgan fingerprint density at radius 2 is 1.04 bits per heavy atom. The highest BCUT2D eigenvalue weighted by Crippen LogP contribution is 2.30. The monoisotopic (exact) mass is 354 g/mol. The number of anilines is 2. The molecule has 0 saturated heterocycles. The van der Waals surface area contributed by atoms with E-state index in [0.29, 0.717) is 22.1 Å². The number of benzene rings is 2. The van der Waals surface area contributed by atoms with Crippen molar-refractivity contribution in [3.05, 3.63) is 60.7 Å². The SMILES string of the molecule is O=C(O)/C=C\C(=O)Nc1ccc(NC(=O)/C=C\C(=O)O)c2ccccc12. The molecule has 8 nitrogen and oxygen atoms in total. The molecule has 2 amide bonds. The summed E-state index contributed by atoms with van der Waals surface area (Å²) in [5, 5.41) is 23.5. The van der Waals surface area contributed by atoms with Crippen molar-refractivity contribution in [1.29, 1.82) is 0 Å². The van der Waals surface area contributed by atoms with Crippen LogP contribution in [-0.4, -0.2) is 34.0 Å². The summed E-state index contributed by atoms with van der Waals surface area (Å²) < 4.78 is 0. The van der Waals surface area contributed by atoms with Gasteiger partial charge in [-0.1, -0.05) is 24.3 Å². The van der Waals surface area contributed by atoms with E-state index in [-0.39, 0.29) is 0 Å². The first kappa shape index (κ1) is 18.4. The number of carbonyl (C=O) groups is 4. The van der Waals surface area contributed by atoms with Crippen LogP contribution in [0.3, 0.4) is 0 Å². The lowest BCUT2D eigenvalue weighted by Gasteiger charge is -2.12. The molecule has 0 heterocycles. The molecule has 132 valence electrons. The molecule has 0 atom stereocenters. The molecule has 0 aliphatic rings. The average Bonchev–Trinajstić information content (AvgIpc) is 2.60. The summed E-state index contributed by atoms with van der Waals surface area (Å²) in [6.07, 6.45) is 3.23. The third-order valence-electron chi connectivity index (χ3n) is 3.19. The van der Waals surface area contributed by atoms with Crippen LogP contribution in [0.2, 0.25) is 0 Å². The number of carbonyl (C=O) groups excluding carboxylic acids is 2. The van der Waals surface area contributed by atoms with Crippen LogP contribution in [0.1, 0.15) is 0 Å². The van der Waals surface area contributed by atoms with Gasteiger partial charge in [-0.25, -0.2) is 9.59 Å². The molecule has 0 saturated carbocycles. The molecule has 2 aromatic carbocycles. The maximum absolute atomic E-state index is 11.8. The molecule has 0 fully saturated rings. The number of hydrogen-bond acceptors (Lipinski definition) is 4. The molecular weight excluding hydrogens is 340 g/mol. The molecule has 0 bridgehead atoms. The van der Waals surface area contributed by atoms with E-state index < -0.39 is 23.8 Å². The number of aliphatic carboxylic acids is 2. The Labute approximate surface area is 147 Å². The fourth-order valence-electron chi connectivity index (χ4n) is 2.16. The molecule has 8 heteroatoms. The van der Waals surface area contributed by atoms with Crippen molar-refractivity contribution in [2.75, 3.05) is 10.6 Å². The summed E-state index contributed by atoms with van der Waals surface area (Å²) in [4.78, 5) is 44.5. The van der Waals surface area contributed by atoms with Crippen molar-refractivity contribution in [1.82, 2.24) is 0 Å². The van der Waals surface area contributed by atoms with E-state index in [9.17, 15) is 19.2 Å².